The van der Waals surface area contributed by atoms with Crippen LogP contribution in [0.25, 0.3) is 0 Å². The van der Waals surface area contributed by atoms with Crippen LogP contribution in [-0.2, 0) is 4.74 Å². The van der Waals surface area contributed by atoms with Gasteiger partial charge in [0.2, 0.25) is 0 Å². The molecular weight excluding hydrogens is 292 g/mol. The molecule has 8 heteroatoms. The predicted molar refractivity (Wildman–Crippen MR) is 63.4 cm³/mol. The van der Waals surface area contributed by atoms with Gasteiger partial charge in [-0.25, -0.2) is 0 Å². The van der Waals surface area contributed by atoms with Crippen LogP contribution in [0, 0.1) is 0 Å². The third kappa shape index (κ3) is 4.99. The summed E-state index contributed by atoms with van der Waals surface area (Å²) in [7, 11) is 0. The highest BCUT2D eigenvalue weighted by Gasteiger charge is 2.28. The van der Waals surface area contributed by atoms with Gasteiger partial charge >= 0.3 is 6.18 Å². The van der Waals surface area contributed by atoms with Crippen LogP contribution in [0.3, 0.4) is 0 Å². The van der Waals surface area contributed by atoms with Gasteiger partial charge in [-0.05, 0) is 23.8 Å². The summed E-state index contributed by atoms with van der Waals surface area (Å²) in [4.78, 5) is 0. The number of ether oxygens (including phenoxy) is 1. The third-order valence-electron chi connectivity index (χ3n) is 2.08. The lowest BCUT2D eigenvalue weighted by Crippen LogP contribution is -2.33. The molecule has 0 saturated heterocycles. The van der Waals surface area contributed by atoms with Crippen LogP contribution < -0.4 is 11.3 Å². The maximum Gasteiger partial charge on any atom is 0.411 e. The van der Waals surface area contributed by atoms with Crippen LogP contribution >= 0.6 is 23.2 Å². The fourth-order valence-electron chi connectivity index (χ4n) is 1.30. The molecular formula is C10H11Cl2F3N2O. The highest BCUT2D eigenvalue weighted by atomic mass is 35.5. The van der Waals surface area contributed by atoms with Gasteiger partial charge in [0.1, 0.15) is 6.61 Å². The zero-order valence-electron chi connectivity index (χ0n) is 9.10. The number of hydrazine groups is 1. The van der Waals surface area contributed by atoms with Crippen molar-refractivity contribution in [2.24, 2.45) is 5.84 Å². The second-order valence-electron chi connectivity index (χ2n) is 3.52. The fraction of sp³-hybridized carbons (Fsp3) is 0.400. The molecule has 1 rings (SSSR count). The largest absolute Gasteiger partial charge is 0.411 e. The van der Waals surface area contributed by atoms with E-state index < -0.39 is 18.8 Å². The Morgan fingerprint density at radius 2 is 2.00 bits per heavy atom. The van der Waals surface area contributed by atoms with Gasteiger partial charge in [0.25, 0.3) is 0 Å². The number of nitrogens with two attached hydrogens (primary N) is 1. The van der Waals surface area contributed by atoms with E-state index in [0.717, 1.165) is 0 Å². The van der Waals surface area contributed by atoms with Crippen molar-refractivity contribution in [3.8, 4) is 0 Å². The van der Waals surface area contributed by atoms with Crippen molar-refractivity contribution in [1.82, 2.24) is 5.43 Å². The SMILES string of the molecule is NNC(COCC(F)(F)F)c1cc(Cl)ccc1Cl. The quantitative estimate of drug-likeness (QED) is 0.649. The molecule has 0 aliphatic carbocycles. The van der Waals surface area contributed by atoms with Gasteiger partial charge in [-0.1, -0.05) is 23.2 Å². The van der Waals surface area contributed by atoms with Crippen molar-refractivity contribution >= 4 is 23.2 Å². The van der Waals surface area contributed by atoms with Crippen molar-refractivity contribution in [1.29, 1.82) is 0 Å². The van der Waals surface area contributed by atoms with Crippen LogP contribution in [0.15, 0.2) is 18.2 Å². The average molecular weight is 303 g/mol. The molecule has 102 valence electrons. The molecule has 0 amide bonds. The van der Waals surface area contributed by atoms with Gasteiger partial charge in [0, 0.05) is 10.0 Å². The van der Waals surface area contributed by atoms with E-state index in [1.54, 1.807) is 6.07 Å². The lowest BCUT2D eigenvalue weighted by atomic mass is 10.1. The summed E-state index contributed by atoms with van der Waals surface area (Å²) in [6, 6.07) is 3.95. The summed E-state index contributed by atoms with van der Waals surface area (Å²) >= 11 is 11.7. The molecule has 1 unspecified atom stereocenters. The molecule has 1 aromatic rings. The Kier molecular flexibility index (Phi) is 5.68. The van der Waals surface area contributed by atoms with Gasteiger partial charge in [-0.15, -0.1) is 0 Å². The summed E-state index contributed by atoms with van der Waals surface area (Å²) in [5, 5.41) is 0.753. The molecule has 0 aliphatic heterocycles. The Morgan fingerprint density at radius 3 is 2.56 bits per heavy atom. The fourth-order valence-corrected chi connectivity index (χ4v) is 1.73. The number of rotatable bonds is 5. The Morgan fingerprint density at radius 1 is 1.33 bits per heavy atom. The molecule has 0 aliphatic rings. The summed E-state index contributed by atoms with van der Waals surface area (Å²) < 4.78 is 40.3. The second-order valence-corrected chi connectivity index (χ2v) is 4.36. The predicted octanol–water partition coefficient (Wildman–Crippen LogP) is 3.08. The first-order chi connectivity index (χ1) is 8.33. The number of benzene rings is 1. The highest BCUT2D eigenvalue weighted by Crippen LogP contribution is 2.26. The van der Waals surface area contributed by atoms with Gasteiger partial charge in [0.05, 0.1) is 12.6 Å². The molecule has 3 nitrogen and oxygen atoms in total. The third-order valence-corrected chi connectivity index (χ3v) is 2.66. The number of hydrogen-bond acceptors (Lipinski definition) is 3. The van der Waals surface area contributed by atoms with E-state index in [-0.39, 0.29) is 6.61 Å². The Labute approximate surface area is 112 Å². The van der Waals surface area contributed by atoms with E-state index in [1.807, 2.05) is 0 Å². The number of halogens is 5. The van der Waals surface area contributed by atoms with E-state index in [0.29, 0.717) is 15.6 Å². The molecule has 0 aromatic heterocycles. The smallest absolute Gasteiger partial charge is 0.370 e. The maximum atomic E-state index is 11.9. The molecule has 0 saturated carbocycles. The minimum atomic E-state index is -4.38. The van der Waals surface area contributed by atoms with Crippen LogP contribution in [0.2, 0.25) is 10.0 Å². The number of hydrogen-bond donors (Lipinski definition) is 2. The topological polar surface area (TPSA) is 47.3 Å². The normalized spacial score (nSPS) is 13.7. The van der Waals surface area contributed by atoms with Gasteiger partial charge in [-0.3, -0.25) is 11.3 Å². The van der Waals surface area contributed by atoms with E-state index in [1.165, 1.54) is 12.1 Å². The van der Waals surface area contributed by atoms with E-state index in [2.05, 4.69) is 10.2 Å². The zero-order chi connectivity index (χ0) is 13.8. The molecule has 0 radical (unpaired) electrons. The van der Waals surface area contributed by atoms with Crippen LogP contribution in [0.4, 0.5) is 13.2 Å². The summed E-state index contributed by atoms with van der Waals surface area (Å²) in [5.41, 5.74) is 2.82. The second kappa shape index (κ2) is 6.58. The standard InChI is InChI=1S/C10H11Cl2F3N2O/c11-6-1-2-8(12)7(3-6)9(17-16)4-18-5-10(13,14)15/h1-3,9,17H,4-5,16H2. The molecule has 1 atom stereocenters. The lowest BCUT2D eigenvalue weighted by molar-refractivity contribution is -0.175. The Bertz CT molecular complexity index is 401. The molecule has 1 aromatic carbocycles. The van der Waals surface area contributed by atoms with Crippen LogP contribution in [0.5, 0.6) is 0 Å². The van der Waals surface area contributed by atoms with Crippen molar-refractivity contribution < 1.29 is 17.9 Å². The van der Waals surface area contributed by atoms with Gasteiger partial charge < -0.3 is 4.74 Å². The minimum Gasteiger partial charge on any atom is -0.370 e. The maximum absolute atomic E-state index is 11.9. The van der Waals surface area contributed by atoms with E-state index >= 15 is 0 Å². The number of nitrogens with one attached hydrogen (secondary N) is 1. The molecule has 0 bridgehead atoms. The highest BCUT2D eigenvalue weighted by molar-refractivity contribution is 6.33. The summed E-state index contributed by atoms with van der Waals surface area (Å²) in [6.07, 6.45) is -4.38. The average Bonchev–Trinajstić information content (AvgIpc) is 2.27. The minimum absolute atomic E-state index is 0.268. The Hall–Kier alpha value is -0.530. The van der Waals surface area contributed by atoms with Gasteiger partial charge in [0.15, 0.2) is 0 Å². The molecule has 0 fully saturated rings. The van der Waals surface area contributed by atoms with Crippen molar-refractivity contribution in [2.45, 2.75) is 12.2 Å². The van der Waals surface area contributed by atoms with Crippen molar-refractivity contribution in [3.05, 3.63) is 33.8 Å². The Balaban J connectivity index is 2.68. The molecule has 3 N–H and O–H groups in total. The van der Waals surface area contributed by atoms with Crippen molar-refractivity contribution in [3.63, 3.8) is 0 Å². The summed E-state index contributed by atoms with van der Waals surface area (Å²) in [5.74, 6) is 5.26. The first-order valence-electron chi connectivity index (χ1n) is 4.89. The first kappa shape index (κ1) is 15.5. The lowest BCUT2D eigenvalue weighted by Gasteiger charge is -2.18. The van der Waals surface area contributed by atoms with Crippen LogP contribution in [-0.4, -0.2) is 19.4 Å². The van der Waals surface area contributed by atoms with E-state index in [9.17, 15) is 13.2 Å². The van der Waals surface area contributed by atoms with Crippen LogP contribution in [0.1, 0.15) is 11.6 Å². The zero-order valence-corrected chi connectivity index (χ0v) is 10.6. The molecule has 18 heavy (non-hydrogen) atoms. The first-order valence-corrected chi connectivity index (χ1v) is 5.64. The summed E-state index contributed by atoms with van der Waals surface area (Å²) in [6.45, 7) is -1.61. The molecule has 0 heterocycles. The van der Waals surface area contributed by atoms with Crippen molar-refractivity contribution in [2.75, 3.05) is 13.2 Å². The number of alkyl halides is 3. The monoisotopic (exact) mass is 302 g/mol. The molecule has 0 spiro atoms. The van der Waals surface area contributed by atoms with Gasteiger partial charge in [-0.2, -0.15) is 13.2 Å². The van der Waals surface area contributed by atoms with E-state index in [4.69, 9.17) is 29.0 Å².